The second-order valence-electron chi connectivity index (χ2n) is 7.41. The standard InChI is InChI=1S/C18H24N6O2/c1-10(2)8-14-22-17(26-23-14)13-6-5-7-24(9-13)16-15-18(20-11(3)19-16)25-12(4)21-15/h10,13H,5-9H2,1-4H3. The lowest BCUT2D eigenvalue weighted by Crippen LogP contribution is -2.35. The van der Waals surface area contributed by atoms with E-state index >= 15 is 0 Å². The number of aromatic nitrogens is 5. The normalized spacial score (nSPS) is 18.2. The maximum atomic E-state index is 5.60. The number of fused-ring (bicyclic) bond motifs is 1. The first-order chi connectivity index (χ1) is 12.5. The summed E-state index contributed by atoms with van der Waals surface area (Å²) in [5, 5.41) is 4.14. The zero-order valence-electron chi connectivity index (χ0n) is 15.7. The third-order valence-electron chi connectivity index (χ3n) is 4.60. The molecule has 3 aromatic rings. The van der Waals surface area contributed by atoms with E-state index in [0.29, 0.717) is 23.3 Å². The van der Waals surface area contributed by atoms with Crippen LogP contribution in [-0.2, 0) is 6.42 Å². The number of nitrogens with zero attached hydrogens (tertiary/aromatic N) is 6. The van der Waals surface area contributed by atoms with Crippen LogP contribution >= 0.6 is 0 Å². The molecule has 3 aromatic heterocycles. The van der Waals surface area contributed by atoms with E-state index < -0.39 is 0 Å². The molecule has 0 amide bonds. The van der Waals surface area contributed by atoms with Crippen LogP contribution in [0.4, 0.5) is 5.82 Å². The summed E-state index contributed by atoms with van der Waals surface area (Å²) < 4.78 is 11.2. The second kappa shape index (κ2) is 6.66. The first-order valence-corrected chi connectivity index (χ1v) is 9.19. The van der Waals surface area contributed by atoms with Crippen LogP contribution in [0.15, 0.2) is 8.94 Å². The summed E-state index contributed by atoms with van der Waals surface area (Å²) >= 11 is 0. The van der Waals surface area contributed by atoms with Gasteiger partial charge in [-0.2, -0.15) is 9.97 Å². The Bertz CT molecular complexity index is 916. The van der Waals surface area contributed by atoms with Crippen molar-refractivity contribution in [2.75, 3.05) is 18.0 Å². The third-order valence-corrected chi connectivity index (χ3v) is 4.60. The maximum Gasteiger partial charge on any atom is 0.252 e. The van der Waals surface area contributed by atoms with Gasteiger partial charge in [-0.3, -0.25) is 0 Å². The van der Waals surface area contributed by atoms with Crippen LogP contribution in [0.1, 0.15) is 56.0 Å². The molecule has 4 heterocycles. The van der Waals surface area contributed by atoms with Gasteiger partial charge >= 0.3 is 0 Å². The highest BCUT2D eigenvalue weighted by Crippen LogP contribution is 2.31. The summed E-state index contributed by atoms with van der Waals surface area (Å²) in [7, 11) is 0. The van der Waals surface area contributed by atoms with Crippen molar-refractivity contribution in [3.63, 3.8) is 0 Å². The van der Waals surface area contributed by atoms with Crippen LogP contribution in [0.25, 0.3) is 11.2 Å². The summed E-state index contributed by atoms with van der Waals surface area (Å²) in [4.78, 5) is 20.3. The van der Waals surface area contributed by atoms with Crippen LogP contribution in [0, 0.1) is 19.8 Å². The number of rotatable bonds is 4. The van der Waals surface area contributed by atoms with Gasteiger partial charge in [-0.05, 0) is 25.7 Å². The molecule has 1 saturated heterocycles. The molecule has 0 spiro atoms. The van der Waals surface area contributed by atoms with Crippen molar-refractivity contribution in [1.82, 2.24) is 25.1 Å². The van der Waals surface area contributed by atoms with Crippen LogP contribution in [0.5, 0.6) is 0 Å². The topological polar surface area (TPSA) is 94.0 Å². The maximum absolute atomic E-state index is 5.60. The molecule has 0 radical (unpaired) electrons. The second-order valence-corrected chi connectivity index (χ2v) is 7.41. The predicted molar refractivity (Wildman–Crippen MR) is 96.1 cm³/mol. The van der Waals surface area contributed by atoms with Gasteiger partial charge in [0.15, 0.2) is 23.0 Å². The van der Waals surface area contributed by atoms with E-state index in [2.05, 4.69) is 43.8 Å². The minimum Gasteiger partial charge on any atom is -0.422 e. The molecule has 8 nitrogen and oxygen atoms in total. The highest BCUT2D eigenvalue weighted by Gasteiger charge is 2.29. The van der Waals surface area contributed by atoms with E-state index in [4.69, 9.17) is 8.94 Å². The van der Waals surface area contributed by atoms with Gasteiger partial charge in [-0.25, -0.2) is 9.97 Å². The summed E-state index contributed by atoms with van der Waals surface area (Å²) in [5.74, 6) is 4.35. The monoisotopic (exact) mass is 356 g/mol. The first kappa shape index (κ1) is 16.9. The average molecular weight is 356 g/mol. The molecule has 0 aromatic carbocycles. The largest absolute Gasteiger partial charge is 0.422 e. The van der Waals surface area contributed by atoms with E-state index in [0.717, 1.165) is 55.4 Å². The Morgan fingerprint density at radius 2 is 2.00 bits per heavy atom. The molecule has 0 N–H and O–H groups in total. The van der Waals surface area contributed by atoms with Crippen molar-refractivity contribution in [2.45, 2.75) is 52.9 Å². The molecule has 1 fully saturated rings. The molecule has 0 saturated carbocycles. The highest BCUT2D eigenvalue weighted by atomic mass is 16.5. The third kappa shape index (κ3) is 3.27. The van der Waals surface area contributed by atoms with Gasteiger partial charge in [-0.15, -0.1) is 0 Å². The zero-order valence-corrected chi connectivity index (χ0v) is 15.7. The van der Waals surface area contributed by atoms with Crippen molar-refractivity contribution in [3.05, 3.63) is 23.4 Å². The molecule has 8 heteroatoms. The van der Waals surface area contributed by atoms with Crippen LogP contribution in [-0.4, -0.2) is 38.2 Å². The lowest BCUT2D eigenvalue weighted by Gasteiger charge is -2.31. The van der Waals surface area contributed by atoms with Gasteiger partial charge in [0.2, 0.25) is 5.89 Å². The molecule has 1 aliphatic heterocycles. The zero-order chi connectivity index (χ0) is 18.3. The molecule has 0 aliphatic carbocycles. The number of hydrogen-bond acceptors (Lipinski definition) is 8. The van der Waals surface area contributed by atoms with Gasteiger partial charge in [0, 0.05) is 26.4 Å². The number of hydrogen-bond donors (Lipinski definition) is 0. The fraction of sp³-hybridized carbons (Fsp3) is 0.611. The average Bonchev–Trinajstić information content (AvgIpc) is 3.19. The van der Waals surface area contributed by atoms with E-state index in [-0.39, 0.29) is 5.92 Å². The van der Waals surface area contributed by atoms with E-state index in [9.17, 15) is 0 Å². The molecule has 1 aliphatic rings. The Morgan fingerprint density at radius 1 is 1.15 bits per heavy atom. The summed E-state index contributed by atoms with van der Waals surface area (Å²) in [6.07, 6.45) is 2.91. The molecule has 0 bridgehead atoms. The Kier molecular flexibility index (Phi) is 4.34. The number of aryl methyl sites for hydroxylation is 2. The van der Waals surface area contributed by atoms with Gasteiger partial charge in [0.1, 0.15) is 5.82 Å². The van der Waals surface area contributed by atoms with Crippen molar-refractivity contribution < 1.29 is 8.94 Å². The Balaban J connectivity index is 1.60. The smallest absolute Gasteiger partial charge is 0.252 e. The molecule has 26 heavy (non-hydrogen) atoms. The van der Waals surface area contributed by atoms with Crippen molar-refractivity contribution in [2.24, 2.45) is 5.92 Å². The molecular weight excluding hydrogens is 332 g/mol. The van der Waals surface area contributed by atoms with Crippen molar-refractivity contribution in [3.8, 4) is 0 Å². The van der Waals surface area contributed by atoms with Gasteiger partial charge < -0.3 is 13.8 Å². The number of anilines is 1. The quantitative estimate of drug-likeness (QED) is 0.703. The predicted octanol–water partition coefficient (Wildman–Crippen LogP) is 3.20. The molecule has 4 rings (SSSR count). The van der Waals surface area contributed by atoms with Crippen molar-refractivity contribution >= 4 is 17.0 Å². The fourth-order valence-electron chi connectivity index (χ4n) is 3.49. The lowest BCUT2D eigenvalue weighted by molar-refractivity contribution is 0.329. The molecular formula is C18H24N6O2. The molecule has 1 unspecified atom stereocenters. The minimum atomic E-state index is 0.204. The molecule has 1 atom stereocenters. The van der Waals surface area contributed by atoms with E-state index in [1.165, 1.54) is 0 Å². The van der Waals surface area contributed by atoms with Crippen LogP contribution in [0.2, 0.25) is 0 Å². The highest BCUT2D eigenvalue weighted by molar-refractivity contribution is 5.82. The van der Waals surface area contributed by atoms with Gasteiger partial charge in [0.05, 0.1) is 5.92 Å². The Hall–Kier alpha value is -2.51. The Labute approximate surface area is 152 Å². The van der Waals surface area contributed by atoms with Crippen LogP contribution < -0.4 is 4.90 Å². The summed E-state index contributed by atoms with van der Waals surface area (Å²) in [6.45, 7) is 9.70. The minimum absolute atomic E-state index is 0.204. The van der Waals surface area contributed by atoms with Crippen LogP contribution in [0.3, 0.4) is 0 Å². The Morgan fingerprint density at radius 3 is 2.81 bits per heavy atom. The van der Waals surface area contributed by atoms with Gasteiger partial charge in [0.25, 0.3) is 5.71 Å². The fourth-order valence-corrected chi connectivity index (χ4v) is 3.49. The number of oxazole rings is 1. The van der Waals surface area contributed by atoms with E-state index in [1.807, 2.05) is 13.8 Å². The number of piperidine rings is 1. The SMILES string of the molecule is Cc1nc(N2CCCC(c3nc(CC(C)C)no3)C2)c2nc(C)oc2n1. The summed E-state index contributed by atoms with van der Waals surface area (Å²) in [6, 6.07) is 0. The first-order valence-electron chi connectivity index (χ1n) is 9.19. The van der Waals surface area contributed by atoms with Crippen molar-refractivity contribution in [1.29, 1.82) is 0 Å². The molecule has 138 valence electrons. The lowest BCUT2D eigenvalue weighted by atomic mass is 9.98. The van der Waals surface area contributed by atoms with E-state index in [1.54, 1.807) is 0 Å². The van der Waals surface area contributed by atoms with Gasteiger partial charge in [-0.1, -0.05) is 19.0 Å². The summed E-state index contributed by atoms with van der Waals surface area (Å²) in [5.41, 5.74) is 1.27.